The third kappa shape index (κ3) is 3.44. The van der Waals surface area contributed by atoms with Gasteiger partial charge < -0.3 is 4.90 Å². The number of pyridine rings is 1. The van der Waals surface area contributed by atoms with Crippen LogP contribution in [-0.2, 0) is 6.54 Å². The molecule has 2 aromatic rings. The molecule has 1 aliphatic rings. The van der Waals surface area contributed by atoms with Crippen LogP contribution >= 0.6 is 0 Å². The van der Waals surface area contributed by atoms with Crippen molar-refractivity contribution in [1.82, 2.24) is 19.9 Å². The highest BCUT2D eigenvalue weighted by molar-refractivity contribution is 5.31. The monoisotopic (exact) mass is 319 g/mol. The number of halogens is 2. The normalized spacial score (nSPS) is 18.3. The molecule has 0 aromatic carbocycles. The Morgan fingerprint density at radius 1 is 1.30 bits per heavy atom. The molecular formula is C16H19F2N5. The second kappa shape index (κ2) is 6.54. The van der Waals surface area contributed by atoms with Crippen molar-refractivity contribution in [1.29, 1.82) is 0 Å². The minimum Gasteiger partial charge on any atom is -0.340 e. The molecule has 3 rings (SSSR count). The number of rotatable bonds is 4. The van der Waals surface area contributed by atoms with Crippen molar-refractivity contribution in [2.75, 3.05) is 25.0 Å². The zero-order valence-corrected chi connectivity index (χ0v) is 13.2. The maximum atomic E-state index is 13.7. The van der Waals surface area contributed by atoms with Gasteiger partial charge in [0.25, 0.3) is 0 Å². The molecule has 0 aliphatic carbocycles. The molecule has 3 heterocycles. The van der Waals surface area contributed by atoms with Gasteiger partial charge in [0.2, 0.25) is 5.95 Å². The molecule has 1 unspecified atom stereocenters. The van der Waals surface area contributed by atoms with E-state index in [0.717, 1.165) is 37.6 Å². The van der Waals surface area contributed by atoms with Crippen molar-refractivity contribution >= 4 is 5.95 Å². The second-order valence-corrected chi connectivity index (χ2v) is 5.87. The third-order valence-electron chi connectivity index (χ3n) is 4.23. The van der Waals surface area contributed by atoms with Crippen LogP contribution < -0.4 is 4.90 Å². The van der Waals surface area contributed by atoms with Crippen molar-refractivity contribution in [3.63, 3.8) is 0 Å². The predicted molar refractivity (Wildman–Crippen MR) is 83.0 cm³/mol. The SMILES string of the molecule is Cc1ccnc(N(C)C2CCN(Cc3c(F)cncc3F)C2)n1. The van der Waals surface area contributed by atoms with Crippen LogP contribution in [0.2, 0.25) is 0 Å². The largest absolute Gasteiger partial charge is 0.340 e. The second-order valence-electron chi connectivity index (χ2n) is 5.87. The summed E-state index contributed by atoms with van der Waals surface area (Å²) in [7, 11) is 1.95. The number of aryl methyl sites for hydroxylation is 1. The minimum atomic E-state index is -0.594. The Bertz CT molecular complexity index is 674. The summed E-state index contributed by atoms with van der Waals surface area (Å²) in [6.07, 6.45) is 4.75. The van der Waals surface area contributed by atoms with Crippen LogP contribution in [0.3, 0.4) is 0 Å². The third-order valence-corrected chi connectivity index (χ3v) is 4.23. The van der Waals surface area contributed by atoms with Crippen molar-refractivity contribution in [2.45, 2.75) is 25.9 Å². The van der Waals surface area contributed by atoms with Gasteiger partial charge in [-0.15, -0.1) is 0 Å². The van der Waals surface area contributed by atoms with Gasteiger partial charge in [0.05, 0.1) is 12.4 Å². The highest BCUT2D eigenvalue weighted by Crippen LogP contribution is 2.22. The van der Waals surface area contributed by atoms with Crippen LogP contribution in [0.5, 0.6) is 0 Å². The summed E-state index contributed by atoms with van der Waals surface area (Å²) in [5.41, 5.74) is 0.993. The van der Waals surface area contributed by atoms with E-state index in [1.807, 2.05) is 29.8 Å². The molecule has 7 heteroatoms. The number of likely N-dealkylation sites (N-methyl/N-ethyl adjacent to an activating group) is 1. The molecule has 0 saturated carbocycles. The number of anilines is 1. The maximum Gasteiger partial charge on any atom is 0.225 e. The molecule has 1 atom stereocenters. The van der Waals surface area contributed by atoms with E-state index in [1.54, 1.807) is 6.20 Å². The molecule has 0 spiro atoms. The Hall–Kier alpha value is -2.15. The van der Waals surface area contributed by atoms with Gasteiger partial charge in [-0.05, 0) is 19.4 Å². The summed E-state index contributed by atoms with van der Waals surface area (Å²) < 4.78 is 27.4. The first-order chi connectivity index (χ1) is 11.0. The van der Waals surface area contributed by atoms with Crippen LogP contribution in [-0.4, -0.2) is 46.0 Å². The summed E-state index contributed by atoms with van der Waals surface area (Å²) in [4.78, 5) is 16.3. The summed E-state index contributed by atoms with van der Waals surface area (Å²) >= 11 is 0. The molecule has 2 aromatic heterocycles. The van der Waals surface area contributed by atoms with Gasteiger partial charge in [0.15, 0.2) is 0 Å². The average molecular weight is 319 g/mol. The van der Waals surface area contributed by atoms with Gasteiger partial charge in [-0.25, -0.2) is 18.7 Å². The van der Waals surface area contributed by atoms with Crippen LogP contribution in [0.4, 0.5) is 14.7 Å². The quantitative estimate of drug-likeness (QED) is 0.864. The summed E-state index contributed by atoms with van der Waals surface area (Å²) in [6.45, 7) is 3.67. The molecule has 0 radical (unpaired) electrons. The van der Waals surface area contributed by atoms with E-state index in [2.05, 4.69) is 15.0 Å². The standard InChI is InChI=1S/C16H19F2N5/c1-11-3-5-20-16(21-11)22(2)12-4-6-23(9-12)10-13-14(17)7-19-8-15(13)18/h3,5,7-8,12H,4,6,9-10H2,1-2H3. The summed E-state index contributed by atoms with van der Waals surface area (Å²) in [6, 6.07) is 2.08. The fourth-order valence-corrected chi connectivity index (χ4v) is 2.85. The zero-order valence-electron chi connectivity index (χ0n) is 13.2. The molecule has 0 amide bonds. The van der Waals surface area contributed by atoms with E-state index in [1.165, 1.54) is 0 Å². The lowest BCUT2D eigenvalue weighted by Gasteiger charge is -2.25. The topological polar surface area (TPSA) is 45.2 Å². The van der Waals surface area contributed by atoms with Crippen molar-refractivity contribution in [3.05, 3.63) is 47.5 Å². The van der Waals surface area contributed by atoms with Crippen LogP contribution in [0.25, 0.3) is 0 Å². The highest BCUT2D eigenvalue weighted by Gasteiger charge is 2.28. The first-order valence-corrected chi connectivity index (χ1v) is 7.57. The molecule has 1 aliphatic heterocycles. The molecule has 0 N–H and O–H groups in total. The number of likely N-dealkylation sites (tertiary alicyclic amines) is 1. The van der Waals surface area contributed by atoms with Gasteiger partial charge in [-0.1, -0.05) is 0 Å². The van der Waals surface area contributed by atoms with Crippen LogP contribution in [0, 0.1) is 18.6 Å². The van der Waals surface area contributed by atoms with Crippen molar-refractivity contribution in [3.8, 4) is 0 Å². The molecule has 23 heavy (non-hydrogen) atoms. The zero-order chi connectivity index (χ0) is 16.4. The van der Waals surface area contributed by atoms with Gasteiger partial charge in [0, 0.05) is 50.2 Å². The molecule has 1 saturated heterocycles. The maximum absolute atomic E-state index is 13.7. The number of aromatic nitrogens is 3. The molecule has 1 fully saturated rings. The van der Waals surface area contributed by atoms with Crippen LogP contribution in [0.15, 0.2) is 24.7 Å². The highest BCUT2D eigenvalue weighted by atomic mass is 19.1. The van der Waals surface area contributed by atoms with Gasteiger partial charge in [-0.3, -0.25) is 9.88 Å². The first-order valence-electron chi connectivity index (χ1n) is 7.57. The van der Waals surface area contributed by atoms with Gasteiger partial charge in [-0.2, -0.15) is 0 Å². The molecule has 122 valence electrons. The molecule has 0 bridgehead atoms. The first kappa shape index (κ1) is 15.7. The number of nitrogens with zero attached hydrogens (tertiary/aromatic N) is 5. The fourth-order valence-electron chi connectivity index (χ4n) is 2.85. The van der Waals surface area contributed by atoms with Crippen LogP contribution in [0.1, 0.15) is 17.7 Å². The number of hydrogen-bond donors (Lipinski definition) is 0. The van der Waals surface area contributed by atoms with E-state index >= 15 is 0 Å². The van der Waals surface area contributed by atoms with E-state index in [9.17, 15) is 8.78 Å². The van der Waals surface area contributed by atoms with Crippen molar-refractivity contribution < 1.29 is 8.78 Å². The van der Waals surface area contributed by atoms with Crippen molar-refractivity contribution in [2.24, 2.45) is 0 Å². The summed E-state index contributed by atoms with van der Waals surface area (Å²) in [5.74, 6) is -0.509. The number of hydrogen-bond acceptors (Lipinski definition) is 5. The molecule has 5 nitrogen and oxygen atoms in total. The van der Waals surface area contributed by atoms with E-state index in [0.29, 0.717) is 5.95 Å². The Morgan fingerprint density at radius 3 is 2.74 bits per heavy atom. The summed E-state index contributed by atoms with van der Waals surface area (Å²) in [5, 5.41) is 0. The van der Waals surface area contributed by atoms with Gasteiger partial charge >= 0.3 is 0 Å². The Balaban J connectivity index is 1.67. The fraction of sp³-hybridized carbons (Fsp3) is 0.438. The predicted octanol–water partition coefficient (Wildman–Crippen LogP) is 2.17. The average Bonchev–Trinajstić information content (AvgIpc) is 2.99. The lowest BCUT2D eigenvalue weighted by Crippen LogP contribution is -2.35. The van der Waals surface area contributed by atoms with Gasteiger partial charge in [0.1, 0.15) is 11.6 Å². The lowest BCUT2D eigenvalue weighted by atomic mass is 10.2. The van der Waals surface area contributed by atoms with E-state index < -0.39 is 11.6 Å². The molecular weight excluding hydrogens is 300 g/mol. The Labute approximate surface area is 134 Å². The Morgan fingerprint density at radius 2 is 2.04 bits per heavy atom. The van der Waals surface area contributed by atoms with E-state index in [4.69, 9.17) is 0 Å². The smallest absolute Gasteiger partial charge is 0.225 e. The Kier molecular flexibility index (Phi) is 4.47. The van der Waals surface area contributed by atoms with E-state index in [-0.39, 0.29) is 18.2 Å². The lowest BCUT2D eigenvalue weighted by molar-refractivity contribution is 0.312. The minimum absolute atomic E-state index is 0.0788.